The molecule has 1 heterocycles. The van der Waals surface area contributed by atoms with Gasteiger partial charge < -0.3 is 10.8 Å². The first-order valence-electron chi connectivity index (χ1n) is 4.28. The van der Waals surface area contributed by atoms with Crippen molar-refractivity contribution < 1.29 is 9.90 Å². The molecule has 2 atom stereocenters. The number of aliphatic carboxylic acids is 1. The molecule has 0 amide bonds. The Kier molecular flexibility index (Phi) is 4.10. The van der Waals surface area contributed by atoms with Gasteiger partial charge in [0, 0.05) is 14.7 Å². The Morgan fingerprint density at radius 2 is 2.43 bits per heavy atom. The molecule has 14 heavy (non-hydrogen) atoms. The molecular weight excluding hydrogens is 266 g/mol. The van der Waals surface area contributed by atoms with E-state index in [9.17, 15) is 4.79 Å². The summed E-state index contributed by atoms with van der Waals surface area (Å²) in [5.41, 5.74) is 5.87. The largest absolute Gasteiger partial charge is 0.481 e. The van der Waals surface area contributed by atoms with Crippen LogP contribution in [0.25, 0.3) is 0 Å². The normalized spacial score (nSPS) is 15.1. The summed E-state index contributed by atoms with van der Waals surface area (Å²) in [7, 11) is 0. The predicted molar refractivity (Wildman–Crippen MR) is 60.4 cm³/mol. The summed E-state index contributed by atoms with van der Waals surface area (Å²) < 4.78 is 0.952. The number of hydrogen-bond acceptors (Lipinski definition) is 3. The first kappa shape index (κ1) is 11.7. The molecule has 3 N–H and O–H groups in total. The van der Waals surface area contributed by atoms with E-state index in [1.165, 1.54) is 11.3 Å². The van der Waals surface area contributed by atoms with Crippen LogP contribution in [0.1, 0.15) is 24.3 Å². The summed E-state index contributed by atoms with van der Waals surface area (Å²) in [6.07, 6.45) is 0.548. The zero-order valence-corrected chi connectivity index (χ0v) is 10.1. The fourth-order valence-corrected chi connectivity index (χ4v) is 2.80. The average Bonchev–Trinajstić information content (AvgIpc) is 2.52. The van der Waals surface area contributed by atoms with Gasteiger partial charge in [-0.2, -0.15) is 0 Å². The van der Waals surface area contributed by atoms with Gasteiger partial charge in [0.1, 0.15) is 0 Å². The molecule has 0 aliphatic heterocycles. The Labute approximate surface area is 95.1 Å². The molecule has 0 aromatic carbocycles. The van der Waals surface area contributed by atoms with Crippen molar-refractivity contribution in [2.24, 2.45) is 11.7 Å². The molecule has 0 aliphatic rings. The van der Waals surface area contributed by atoms with Crippen LogP contribution in [-0.4, -0.2) is 11.1 Å². The molecule has 1 aromatic heterocycles. The highest BCUT2D eigenvalue weighted by Gasteiger charge is 2.25. The molecule has 0 spiro atoms. The fraction of sp³-hybridized carbons (Fsp3) is 0.444. The topological polar surface area (TPSA) is 63.3 Å². The number of carbonyl (C=O) groups is 1. The molecule has 0 fully saturated rings. The van der Waals surface area contributed by atoms with E-state index in [4.69, 9.17) is 10.8 Å². The Morgan fingerprint density at radius 3 is 2.79 bits per heavy atom. The van der Waals surface area contributed by atoms with Crippen molar-refractivity contribution in [1.29, 1.82) is 0 Å². The second kappa shape index (κ2) is 4.91. The molecule has 2 unspecified atom stereocenters. The van der Waals surface area contributed by atoms with Crippen molar-refractivity contribution in [3.8, 4) is 0 Å². The summed E-state index contributed by atoms with van der Waals surface area (Å²) in [5.74, 6) is -1.33. The van der Waals surface area contributed by atoms with E-state index in [1.807, 2.05) is 18.4 Å². The van der Waals surface area contributed by atoms with Crippen molar-refractivity contribution in [2.45, 2.75) is 19.4 Å². The van der Waals surface area contributed by atoms with Gasteiger partial charge in [0.2, 0.25) is 0 Å². The third-order valence-corrected chi connectivity index (χ3v) is 3.90. The van der Waals surface area contributed by atoms with Crippen molar-refractivity contribution >= 4 is 33.2 Å². The molecular formula is C9H12BrNO2S. The van der Waals surface area contributed by atoms with Crippen LogP contribution in [0.15, 0.2) is 15.9 Å². The smallest absolute Gasteiger partial charge is 0.308 e. The van der Waals surface area contributed by atoms with Gasteiger partial charge in [-0.3, -0.25) is 4.79 Å². The molecule has 0 saturated heterocycles. The van der Waals surface area contributed by atoms with Gasteiger partial charge >= 0.3 is 5.97 Å². The lowest BCUT2D eigenvalue weighted by Crippen LogP contribution is -2.26. The van der Waals surface area contributed by atoms with Crippen LogP contribution in [0.5, 0.6) is 0 Å². The highest BCUT2D eigenvalue weighted by atomic mass is 79.9. The molecule has 0 aliphatic carbocycles. The van der Waals surface area contributed by atoms with E-state index in [0.717, 1.165) is 9.35 Å². The maximum absolute atomic E-state index is 10.9. The van der Waals surface area contributed by atoms with Crippen molar-refractivity contribution in [2.75, 3.05) is 0 Å². The predicted octanol–water partition coefficient (Wildman–Crippen LogP) is 2.62. The van der Waals surface area contributed by atoms with Crippen LogP contribution < -0.4 is 5.73 Å². The van der Waals surface area contributed by atoms with Gasteiger partial charge in [0.05, 0.1) is 12.0 Å². The lowest BCUT2D eigenvalue weighted by molar-refractivity contribution is -0.142. The van der Waals surface area contributed by atoms with Crippen LogP contribution in [0.4, 0.5) is 0 Å². The molecule has 0 saturated carbocycles. The minimum Gasteiger partial charge on any atom is -0.481 e. The molecule has 1 aromatic rings. The van der Waals surface area contributed by atoms with E-state index in [-0.39, 0.29) is 0 Å². The number of nitrogens with two attached hydrogens (primary N) is 1. The van der Waals surface area contributed by atoms with Crippen LogP contribution >= 0.6 is 27.3 Å². The number of carboxylic acids is 1. The minimum atomic E-state index is -0.829. The van der Waals surface area contributed by atoms with E-state index in [0.29, 0.717) is 6.42 Å². The second-order valence-corrected chi connectivity index (χ2v) is 4.90. The lowest BCUT2D eigenvalue weighted by atomic mass is 9.97. The quantitative estimate of drug-likeness (QED) is 0.889. The monoisotopic (exact) mass is 277 g/mol. The Bertz CT molecular complexity index is 326. The standard InChI is InChI=1S/C9H12BrNO2S/c1-2-6(9(12)13)8(11)7-3-5(10)4-14-7/h3-4,6,8H,2,11H2,1H3,(H,12,13). The van der Waals surface area contributed by atoms with Gasteiger partial charge in [0.25, 0.3) is 0 Å². The van der Waals surface area contributed by atoms with Gasteiger partial charge in [0.15, 0.2) is 0 Å². The second-order valence-electron chi connectivity index (χ2n) is 3.05. The van der Waals surface area contributed by atoms with Crippen molar-refractivity contribution in [3.05, 3.63) is 20.8 Å². The zero-order chi connectivity index (χ0) is 10.7. The van der Waals surface area contributed by atoms with Gasteiger partial charge in [-0.1, -0.05) is 6.92 Å². The summed E-state index contributed by atoms with van der Waals surface area (Å²) in [6.45, 7) is 1.83. The number of rotatable bonds is 4. The van der Waals surface area contributed by atoms with Gasteiger partial charge in [-0.15, -0.1) is 11.3 Å². The summed E-state index contributed by atoms with van der Waals surface area (Å²) in [6, 6.07) is 1.47. The van der Waals surface area contributed by atoms with Crippen molar-refractivity contribution in [3.63, 3.8) is 0 Å². The number of halogens is 1. The number of carboxylic acid groups (broad SMARTS) is 1. The average molecular weight is 278 g/mol. The first-order valence-corrected chi connectivity index (χ1v) is 5.95. The van der Waals surface area contributed by atoms with E-state index < -0.39 is 17.9 Å². The molecule has 3 nitrogen and oxygen atoms in total. The molecule has 0 bridgehead atoms. The van der Waals surface area contributed by atoms with Gasteiger partial charge in [-0.05, 0) is 28.4 Å². The van der Waals surface area contributed by atoms with Crippen LogP contribution in [-0.2, 0) is 4.79 Å². The van der Waals surface area contributed by atoms with E-state index >= 15 is 0 Å². The maximum Gasteiger partial charge on any atom is 0.308 e. The Balaban J connectivity index is 2.82. The highest BCUT2D eigenvalue weighted by Crippen LogP contribution is 2.29. The Hall–Kier alpha value is -0.390. The summed E-state index contributed by atoms with van der Waals surface area (Å²) in [4.78, 5) is 11.8. The fourth-order valence-electron chi connectivity index (χ4n) is 1.28. The highest BCUT2D eigenvalue weighted by molar-refractivity contribution is 9.10. The van der Waals surface area contributed by atoms with Gasteiger partial charge in [-0.25, -0.2) is 0 Å². The lowest BCUT2D eigenvalue weighted by Gasteiger charge is -2.16. The summed E-state index contributed by atoms with van der Waals surface area (Å²) in [5, 5.41) is 10.8. The minimum absolute atomic E-state index is 0.409. The molecule has 0 radical (unpaired) electrons. The van der Waals surface area contributed by atoms with E-state index in [2.05, 4.69) is 15.9 Å². The number of thiophene rings is 1. The van der Waals surface area contributed by atoms with Crippen LogP contribution in [0.3, 0.4) is 0 Å². The first-order chi connectivity index (χ1) is 6.56. The van der Waals surface area contributed by atoms with E-state index in [1.54, 1.807) is 0 Å². The van der Waals surface area contributed by atoms with Crippen LogP contribution in [0.2, 0.25) is 0 Å². The number of hydrogen-bond donors (Lipinski definition) is 2. The van der Waals surface area contributed by atoms with Crippen LogP contribution in [0, 0.1) is 5.92 Å². The molecule has 78 valence electrons. The Morgan fingerprint density at radius 1 is 1.79 bits per heavy atom. The zero-order valence-electron chi connectivity index (χ0n) is 7.74. The molecule has 5 heteroatoms. The molecule has 1 rings (SSSR count). The van der Waals surface area contributed by atoms with Crippen molar-refractivity contribution in [1.82, 2.24) is 0 Å². The SMILES string of the molecule is CCC(C(=O)O)C(N)c1cc(Br)cs1. The third-order valence-electron chi connectivity index (χ3n) is 2.11. The third kappa shape index (κ3) is 2.56. The summed E-state index contributed by atoms with van der Waals surface area (Å²) >= 11 is 4.80. The maximum atomic E-state index is 10.9.